The summed E-state index contributed by atoms with van der Waals surface area (Å²) < 4.78 is 5.85. The normalized spacial score (nSPS) is 25.1. The Bertz CT molecular complexity index is 399. The summed E-state index contributed by atoms with van der Waals surface area (Å²) in [5.74, 6) is 0.984. The Kier molecular flexibility index (Phi) is 2.93. The first-order chi connectivity index (χ1) is 8.33. The summed E-state index contributed by atoms with van der Waals surface area (Å²) in [6.45, 7) is 3.28. The molecule has 1 aromatic rings. The molecule has 0 spiro atoms. The van der Waals surface area contributed by atoms with Crippen LogP contribution in [0.5, 0.6) is 5.75 Å². The third-order valence-electron chi connectivity index (χ3n) is 3.89. The van der Waals surface area contributed by atoms with Gasteiger partial charge in [-0.2, -0.15) is 0 Å². The Morgan fingerprint density at radius 3 is 2.82 bits per heavy atom. The van der Waals surface area contributed by atoms with Crippen molar-refractivity contribution in [1.82, 2.24) is 4.90 Å². The van der Waals surface area contributed by atoms with Crippen LogP contribution in [0.2, 0.25) is 0 Å². The lowest BCUT2D eigenvalue weighted by molar-refractivity contribution is 0.101. The SMILES string of the molecule is Nc1ccc2c(c1)OCC(N1CCCCC1)C2. The van der Waals surface area contributed by atoms with Gasteiger partial charge in [-0.05, 0) is 44.0 Å². The number of hydrogen-bond acceptors (Lipinski definition) is 3. The molecule has 3 rings (SSSR count). The molecule has 0 aliphatic carbocycles. The lowest BCUT2D eigenvalue weighted by Gasteiger charge is -2.37. The van der Waals surface area contributed by atoms with E-state index in [-0.39, 0.29) is 0 Å². The molecule has 1 saturated heterocycles. The van der Waals surface area contributed by atoms with Gasteiger partial charge in [0.25, 0.3) is 0 Å². The van der Waals surface area contributed by atoms with Gasteiger partial charge < -0.3 is 10.5 Å². The zero-order chi connectivity index (χ0) is 11.7. The van der Waals surface area contributed by atoms with E-state index >= 15 is 0 Å². The molecular formula is C14H20N2O. The second-order valence-electron chi connectivity index (χ2n) is 5.13. The first kappa shape index (κ1) is 10.9. The summed E-state index contributed by atoms with van der Waals surface area (Å²) in [5, 5.41) is 0. The molecule has 1 unspecified atom stereocenters. The Morgan fingerprint density at radius 1 is 1.18 bits per heavy atom. The summed E-state index contributed by atoms with van der Waals surface area (Å²) in [6.07, 6.45) is 5.17. The standard InChI is InChI=1S/C14H20N2O/c15-12-5-4-11-8-13(10-17-14(11)9-12)16-6-2-1-3-7-16/h4-5,9,13H,1-3,6-8,10,15H2. The number of anilines is 1. The predicted octanol–water partition coefficient (Wildman–Crippen LogP) is 2.06. The lowest BCUT2D eigenvalue weighted by Crippen LogP contribution is -2.45. The maximum atomic E-state index is 5.85. The van der Waals surface area contributed by atoms with E-state index in [4.69, 9.17) is 10.5 Å². The molecule has 1 aromatic carbocycles. The van der Waals surface area contributed by atoms with Crippen molar-refractivity contribution in [1.29, 1.82) is 0 Å². The summed E-state index contributed by atoms with van der Waals surface area (Å²) in [5.41, 5.74) is 7.87. The Hall–Kier alpha value is -1.22. The number of ether oxygens (including phenoxy) is 1. The average molecular weight is 232 g/mol. The molecule has 0 radical (unpaired) electrons. The van der Waals surface area contributed by atoms with Crippen molar-refractivity contribution in [2.24, 2.45) is 0 Å². The average Bonchev–Trinajstić information content (AvgIpc) is 2.39. The molecule has 2 aliphatic heterocycles. The van der Waals surface area contributed by atoms with Crippen LogP contribution in [0.15, 0.2) is 18.2 Å². The number of likely N-dealkylation sites (tertiary alicyclic amines) is 1. The number of nitrogens with two attached hydrogens (primary N) is 1. The maximum absolute atomic E-state index is 5.85. The minimum atomic E-state index is 0.562. The van der Waals surface area contributed by atoms with E-state index in [9.17, 15) is 0 Å². The van der Waals surface area contributed by atoms with Gasteiger partial charge in [-0.1, -0.05) is 12.5 Å². The summed E-state index contributed by atoms with van der Waals surface area (Å²) >= 11 is 0. The van der Waals surface area contributed by atoms with Crippen LogP contribution < -0.4 is 10.5 Å². The molecule has 0 amide bonds. The van der Waals surface area contributed by atoms with E-state index in [1.54, 1.807) is 0 Å². The molecule has 0 saturated carbocycles. The van der Waals surface area contributed by atoms with Gasteiger partial charge in [0.05, 0.1) is 0 Å². The van der Waals surface area contributed by atoms with Gasteiger partial charge in [-0.3, -0.25) is 4.90 Å². The minimum Gasteiger partial charge on any atom is -0.492 e. The zero-order valence-corrected chi connectivity index (χ0v) is 10.2. The fraction of sp³-hybridized carbons (Fsp3) is 0.571. The monoisotopic (exact) mass is 232 g/mol. The van der Waals surface area contributed by atoms with Gasteiger partial charge in [0, 0.05) is 17.8 Å². The van der Waals surface area contributed by atoms with Crippen LogP contribution in [-0.4, -0.2) is 30.6 Å². The van der Waals surface area contributed by atoms with Gasteiger partial charge in [0.2, 0.25) is 0 Å². The first-order valence-electron chi connectivity index (χ1n) is 6.58. The highest BCUT2D eigenvalue weighted by atomic mass is 16.5. The second-order valence-corrected chi connectivity index (χ2v) is 5.13. The van der Waals surface area contributed by atoms with Crippen LogP contribution in [0.3, 0.4) is 0 Å². The molecule has 2 heterocycles. The first-order valence-corrected chi connectivity index (χ1v) is 6.58. The number of piperidine rings is 1. The van der Waals surface area contributed by atoms with Gasteiger partial charge in [0.15, 0.2) is 0 Å². The van der Waals surface area contributed by atoms with E-state index in [1.165, 1.54) is 37.9 Å². The molecule has 1 atom stereocenters. The van der Waals surface area contributed by atoms with Crippen molar-refractivity contribution in [3.05, 3.63) is 23.8 Å². The largest absolute Gasteiger partial charge is 0.492 e. The van der Waals surface area contributed by atoms with Crippen LogP contribution in [0.25, 0.3) is 0 Å². The number of nitrogens with zero attached hydrogens (tertiary/aromatic N) is 1. The fourth-order valence-electron chi connectivity index (χ4n) is 2.89. The zero-order valence-electron chi connectivity index (χ0n) is 10.2. The predicted molar refractivity (Wildman–Crippen MR) is 69.3 cm³/mol. The van der Waals surface area contributed by atoms with E-state index in [2.05, 4.69) is 11.0 Å². The van der Waals surface area contributed by atoms with Gasteiger partial charge in [-0.25, -0.2) is 0 Å². The molecule has 3 heteroatoms. The number of rotatable bonds is 1. The molecule has 92 valence electrons. The van der Waals surface area contributed by atoms with Gasteiger partial charge >= 0.3 is 0 Å². The quantitative estimate of drug-likeness (QED) is 0.753. The summed E-state index contributed by atoms with van der Waals surface area (Å²) in [4.78, 5) is 2.59. The Morgan fingerprint density at radius 2 is 2.00 bits per heavy atom. The number of hydrogen-bond donors (Lipinski definition) is 1. The van der Waals surface area contributed by atoms with Crippen LogP contribution in [0, 0.1) is 0 Å². The van der Waals surface area contributed by atoms with Crippen molar-refractivity contribution < 1.29 is 4.74 Å². The molecule has 0 aromatic heterocycles. The molecule has 2 N–H and O–H groups in total. The van der Waals surface area contributed by atoms with Crippen LogP contribution in [0.4, 0.5) is 5.69 Å². The molecule has 3 nitrogen and oxygen atoms in total. The summed E-state index contributed by atoms with van der Waals surface area (Å²) in [7, 11) is 0. The van der Waals surface area contributed by atoms with Gasteiger partial charge in [-0.15, -0.1) is 0 Å². The highest BCUT2D eigenvalue weighted by Gasteiger charge is 2.26. The lowest BCUT2D eigenvalue weighted by atomic mass is 9.99. The maximum Gasteiger partial charge on any atom is 0.124 e. The molecule has 1 fully saturated rings. The Labute approximate surface area is 103 Å². The van der Waals surface area contributed by atoms with Crippen LogP contribution in [-0.2, 0) is 6.42 Å². The van der Waals surface area contributed by atoms with Crippen molar-refractivity contribution in [3.63, 3.8) is 0 Å². The fourth-order valence-corrected chi connectivity index (χ4v) is 2.89. The van der Waals surface area contributed by atoms with Crippen LogP contribution in [0.1, 0.15) is 24.8 Å². The Balaban J connectivity index is 1.73. The number of fused-ring (bicyclic) bond motifs is 1. The second kappa shape index (κ2) is 4.57. The van der Waals surface area contributed by atoms with E-state index in [1.807, 2.05) is 12.1 Å². The van der Waals surface area contributed by atoms with E-state index in [0.29, 0.717) is 6.04 Å². The van der Waals surface area contributed by atoms with Gasteiger partial charge in [0.1, 0.15) is 12.4 Å². The van der Waals surface area contributed by atoms with E-state index in [0.717, 1.165) is 24.5 Å². The van der Waals surface area contributed by atoms with Crippen molar-refractivity contribution in [2.75, 3.05) is 25.4 Å². The minimum absolute atomic E-state index is 0.562. The third kappa shape index (κ3) is 2.25. The van der Waals surface area contributed by atoms with Crippen molar-refractivity contribution >= 4 is 5.69 Å². The molecule has 17 heavy (non-hydrogen) atoms. The number of nitrogen functional groups attached to an aromatic ring is 1. The van der Waals surface area contributed by atoms with Crippen molar-refractivity contribution in [3.8, 4) is 5.75 Å². The molecular weight excluding hydrogens is 212 g/mol. The number of benzene rings is 1. The molecule has 2 aliphatic rings. The van der Waals surface area contributed by atoms with Crippen LogP contribution >= 0.6 is 0 Å². The topological polar surface area (TPSA) is 38.5 Å². The van der Waals surface area contributed by atoms with Crippen molar-refractivity contribution in [2.45, 2.75) is 31.7 Å². The molecule has 0 bridgehead atoms. The highest BCUT2D eigenvalue weighted by Crippen LogP contribution is 2.29. The smallest absolute Gasteiger partial charge is 0.124 e. The summed E-state index contributed by atoms with van der Waals surface area (Å²) in [6, 6.07) is 6.59. The third-order valence-corrected chi connectivity index (χ3v) is 3.89. The highest BCUT2D eigenvalue weighted by molar-refractivity contribution is 5.49. The van der Waals surface area contributed by atoms with E-state index < -0.39 is 0 Å².